The van der Waals surface area contributed by atoms with Gasteiger partial charge in [-0.05, 0) is 60.9 Å². The minimum absolute atomic E-state index is 0.0564. The SMILES string of the molecule is Cc1ccc(NNC(=O)[C@H](Cc2ccc([N+](=O)[O-])cc2)NC(=O)c2cccc(Cl)c2)cc1C. The van der Waals surface area contributed by atoms with Gasteiger partial charge in [-0.15, -0.1) is 0 Å². The molecule has 0 aliphatic carbocycles. The molecule has 0 aliphatic heterocycles. The number of nitrogens with one attached hydrogen (secondary N) is 3. The fraction of sp³-hybridized carbons (Fsp3) is 0.167. The van der Waals surface area contributed by atoms with Crippen LogP contribution in [0.5, 0.6) is 0 Å². The van der Waals surface area contributed by atoms with Gasteiger partial charge in [-0.2, -0.15) is 0 Å². The maximum atomic E-state index is 13.0. The number of hydrogen-bond acceptors (Lipinski definition) is 5. The third-order valence-electron chi connectivity index (χ3n) is 5.13. The third-order valence-corrected chi connectivity index (χ3v) is 5.37. The Morgan fingerprint density at radius 3 is 2.36 bits per heavy atom. The Bertz CT molecular complexity index is 1180. The predicted molar refractivity (Wildman–Crippen MR) is 127 cm³/mol. The molecule has 8 nitrogen and oxygen atoms in total. The normalized spacial score (nSPS) is 11.4. The number of aryl methyl sites for hydroxylation is 2. The van der Waals surface area contributed by atoms with Crippen molar-refractivity contribution in [1.82, 2.24) is 10.7 Å². The number of nitro benzene ring substituents is 1. The molecule has 0 aromatic heterocycles. The molecule has 0 saturated heterocycles. The van der Waals surface area contributed by atoms with Crippen molar-refractivity contribution < 1.29 is 14.5 Å². The van der Waals surface area contributed by atoms with E-state index in [1.54, 1.807) is 30.3 Å². The summed E-state index contributed by atoms with van der Waals surface area (Å²) in [5.41, 5.74) is 9.27. The highest BCUT2D eigenvalue weighted by atomic mass is 35.5. The van der Waals surface area contributed by atoms with Crippen molar-refractivity contribution >= 4 is 34.8 Å². The summed E-state index contributed by atoms with van der Waals surface area (Å²) in [6, 6.07) is 16.9. The molecule has 0 radical (unpaired) electrons. The Balaban J connectivity index is 1.76. The molecule has 1 atom stereocenters. The molecular weight excluding hydrogens is 444 g/mol. The molecule has 0 heterocycles. The number of carbonyl (C=O) groups excluding carboxylic acids is 2. The van der Waals surface area contributed by atoms with Crippen LogP contribution in [0.25, 0.3) is 0 Å². The van der Waals surface area contributed by atoms with E-state index in [1.165, 1.54) is 18.2 Å². The molecule has 3 rings (SSSR count). The van der Waals surface area contributed by atoms with Gasteiger partial charge in [0.15, 0.2) is 0 Å². The van der Waals surface area contributed by atoms with Gasteiger partial charge in [0.1, 0.15) is 6.04 Å². The van der Waals surface area contributed by atoms with E-state index in [1.807, 2.05) is 32.0 Å². The number of benzene rings is 3. The molecule has 2 amide bonds. The zero-order chi connectivity index (χ0) is 24.0. The van der Waals surface area contributed by atoms with E-state index in [9.17, 15) is 19.7 Å². The molecule has 0 saturated carbocycles. The van der Waals surface area contributed by atoms with Gasteiger partial charge >= 0.3 is 0 Å². The maximum Gasteiger partial charge on any atom is 0.269 e. The second-order valence-electron chi connectivity index (χ2n) is 7.58. The summed E-state index contributed by atoms with van der Waals surface area (Å²) in [4.78, 5) is 36.1. The van der Waals surface area contributed by atoms with Crippen LogP contribution < -0.4 is 16.2 Å². The summed E-state index contributed by atoms with van der Waals surface area (Å²) in [7, 11) is 0. The largest absolute Gasteiger partial charge is 0.340 e. The van der Waals surface area contributed by atoms with E-state index < -0.39 is 22.8 Å². The summed E-state index contributed by atoms with van der Waals surface area (Å²) in [5.74, 6) is -0.937. The quantitative estimate of drug-likeness (QED) is 0.337. The number of non-ortho nitro benzene ring substituents is 1. The molecule has 3 N–H and O–H groups in total. The number of anilines is 1. The zero-order valence-electron chi connectivity index (χ0n) is 18.1. The number of nitrogens with zero attached hydrogens (tertiary/aromatic N) is 1. The minimum Gasteiger partial charge on any atom is -0.340 e. The fourth-order valence-corrected chi connectivity index (χ4v) is 3.30. The number of amides is 2. The molecule has 3 aromatic rings. The summed E-state index contributed by atoms with van der Waals surface area (Å²) >= 11 is 5.98. The van der Waals surface area contributed by atoms with Crippen LogP contribution in [0.15, 0.2) is 66.7 Å². The van der Waals surface area contributed by atoms with Crippen molar-refractivity contribution in [1.29, 1.82) is 0 Å². The summed E-state index contributed by atoms with van der Waals surface area (Å²) < 4.78 is 0. The number of halogens is 1. The van der Waals surface area contributed by atoms with Crippen LogP contribution in [0.3, 0.4) is 0 Å². The smallest absolute Gasteiger partial charge is 0.269 e. The third kappa shape index (κ3) is 6.54. The van der Waals surface area contributed by atoms with Crippen LogP contribution in [0.1, 0.15) is 27.0 Å². The van der Waals surface area contributed by atoms with Gasteiger partial charge in [0.2, 0.25) is 0 Å². The average molecular weight is 467 g/mol. The van der Waals surface area contributed by atoms with Crippen LogP contribution >= 0.6 is 11.6 Å². The molecule has 33 heavy (non-hydrogen) atoms. The van der Waals surface area contributed by atoms with Gasteiger partial charge in [0.25, 0.3) is 17.5 Å². The van der Waals surface area contributed by atoms with Gasteiger partial charge in [-0.25, -0.2) is 0 Å². The lowest BCUT2D eigenvalue weighted by Gasteiger charge is -2.20. The lowest BCUT2D eigenvalue weighted by atomic mass is 10.0. The number of hydrazine groups is 1. The second-order valence-corrected chi connectivity index (χ2v) is 8.01. The number of rotatable bonds is 8. The van der Waals surface area contributed by atoms with Crippen LogP contribution in [0.2, 0.25) is 5.02 Å². The Hall–Kier alpha value is -3.91. The molecule has 0 fully saturated rings. The van der Waals surface area contributed by atoms with Gasteiger partial charge in [-0.1, -0.05) is 35.9 Å². The Kier molecular flexibility index (Phi) is 7.63. The molecule has 9 heteroatoms. The van der Waals surface area contributed by atoms with E-state index in [0.717, 1.165) is 11.1 Å². The number of hydrogen-bond donors (Lipinski definition) is 3. The lowest BCUT2D eigenvalue weighted by molar-refractivity contribution is -0.384. The Labute approximate surface area is 196 Å². The first-order chi connectivity index (χ1) is 15.7. The molecule has 0 spiro atoms. The first-order valence-corrected chi connectivity index (χ1v) is 10.5. The molecule has 0 aliphatic rings. The highest BCUT2D eigenvalue weighted by molar-refractivity contribution is 6.31. The van der Waals surface area contributed by atoms with E-state index >= 15 is 0 Å². The molecule has 170 valence electrons. The number of carbonyl (C=O) groups is 2. The van der Waals surface area contributed by atoms with Crippen LogP contribution in [0.4, 0.5) is 11.4 Å². The van der Waals surface area contributed by atoms with Crippen LogP contribution in [-0.4, -0.2) is 22.8 Å². The monoisotopic (exact) mass is 466 g/mol. The molecule has 0 unspecified atom stereocenters. The maximum absolute atomic E-state index is 13.0. The summed E-state index contributed by atoms with van der Waals surface area (Å²) in [6.07, 6.45) is 0.130. The Morgan fingerprint density at radius 2 is 1.73 bits per heavy atom. The van der Waals surface area contributed by atoms with E-state index in [-0.39, 0.29) is 12.1 Å². The van der Waals surface area contributed by atoms with Gasteiger partial charge < -0.3 is 5.32 Å². The van der Waals surface area contributed by atoms with Crippen molar-refractivity contribution in [2.24, 2.45) is 0 Å². The van der Waals surface area contributed by atoms with Crippen molar-refractivity contribution in [3.8, 4) is 0 Å². The van der Waals surface area contributed by atoms with E-state index in [4.69, 9.17) is 11.6 Å². The lowest BCUT2D eigenvalue weighted by Crippen LogP contribution is -2.49. The summed E-state index contributed by atoms with van der Waals surface area (Å²) in [5, 5.41) is 14.0. The molecule has 0 bridgehead atoms. The van der Waals surface area contributed by atoms with Gasteiger partial charge in [0.05, 0.1) is 10.6 Å². The highest BCUT2D eigenvalue weighted by Crippen LogP contribution is 2.16. The van der Waals surface area contributed by atoms with E-state index in [2.05, 4.69) is 16.2 Å². The number of nitro groups is 1. The summed E-state index contributed by atoms with van der Waals surface area (Å²) in [6.45, 7) is 3.95. The van der Waals surface area contributed by atoms with Crippen LogP contribution in [0, 0.1) is 24.0 Å². The minimum atomic E-state index is -0.947. The van der Waals surface area contributed by atoms with E-state index in [0.29, 0.717) is 21.8 Å². The van der Waals surface area contributed by atoms with Crippen molar-refractivity contribution in [3.05, 3.63) is 104 Å². The average Bonchev–Trinajstić information content (AvgIpc) is 2.79. The van der Waals surface area contributed by atoms with Crippen LogP contribution in [-0.2, 0) is 11.2 Å². The topological polar surface area (TPSA) is 113 Å². The fourth-order valence-electron chi connectivity index (χ4n) is 3.11. The predicted octanol–water partition coefficient (Wildman–Crippen LogP) is 4.35. The van der Waals surface area contributed by atoms with Crippen molar-refractivity contribution in [2.45, 2.75) is 26.3 Å². The highest BCUT2D eigenvalue weighted by Gasteiger charge is 2.22. The van der Waals surface area contributed by atoms with Crippen molar-refractivity contribution in [3.63, 3.8) is 0 Å². The second kappa shape index (κ2) is 10.6. The Morgan fingerprint density at radius 1 is 1.00 bits per heavy atom. The first kappa shape index (κ1) is 23.7. The molecular formula is C24H23ClN4O4. The molecule has 3 aromatic carbocycles. The van der Waals surface area contributed by atoms with Gasteiger partial charge in [-0.3, -0.25) is 30.6 Å². The zero-order valence-corrected chi connectivity index (χ0v) is 18.8. The standard InChI is InChI=1S/C24H23ClN4O4/c1-15-6-9-20(12-16(15)2)27-28-24(31)22(13-17-7-10-21(11-8-17)29(32)33)26-23(30)18-4-3-5-19(25)14-18/h3-12,14,22,27H,13H2,1-2H3,(H,26,30)(H,28,31)/t22-/m0/s1. The van der Waals surface area contributed by atoms with Gasteiger partial charge in [0, 0.05) is 29.1 Å². The first-order valence-electron chi connectivity index (χ1n) is 10.2. The van der Waals surface area contributed by atoms with Crippen molar-refractivity contribution in [2.75, 3.05) is 5.43 Å².